The molecule has 1 heterocycles. The summed E-state index contributed by atoms with van der Waals surface area (Å²) in [5, 5.41) is 0. The molecule has 136 valence electrons. The highest BCUT2D eigenvalue weighted by atomic mass is 79.9. The van der Waals surface area contributed by atoms with Gasteiger partial charge >= 0.3 is 0 Å². The van der Waals surface area contributed by atoms with E-state index in [1.54, 1.807) is 0 Å². The number of benzene rings is 2. The molecule has 0 aromatic heterocycles. The van der Waals surface area contributed by atoms with Gasteiger partial charge in [0.25, 0.3) is 10.0 Å². The molecule has 1 aliphatic rings. The van der Waals surface area contributed by atoms with Crippen molar-refractivity contribution < 1.29 is 26.4 Å². The molecule has 2 aromatic rings. The molecule has 1 aliphatic heterocycles. The maximum absolute atomic E-state index is 13.9. The van der Waals surface area contributed by atoms with Crippen molar-refractivity contribution in [1.29, 1.82) is 0 Å². The van der Waals surface area contributed by atoms with Crippen molar-refractivity contribution in [2.45, 2.75) is 17.4 Å². The highest BCUT2D eigenvalue weighted by Gasteiger charge is 2.35. The molecule has 0 saturated carbocycles. The van der Waals surface area contributed by atoms with Crippen LogP contribution in [0.4, 0.5) is 13.2 Å². The highest BCUT2D eigenvalue weighted by molar-refractivity contribution is 9.10. The summed E-state index contributed by atoms with van der Waals surface area (Å²) in [5.74, 6) is -3.46. The molecule has 1 atom stereocenters. The Kier molecular flexibility index (Phi) is 4.94. The Morgan fingerprint density at radius 2 is 1.77 bits per heavy atom. The van der Waals surface area contributed by atoms with Crippen LogP contribution < -0.4 is 0 Å². The standard InChI is InChI=1S/C17H11BrF3NO3S/c18-17-12(2-1-3-14(17)20)16-8-10(23)6-7-22(16)26(24,25)11-4-5-13(19)15(21)9-11/h1-7,9,16H,8H2. The molecular weight excluding hydrogens is 435 g/mol. The highest BCUT2D eigenvalue weighted by Crippen LogP contribution is 2.38. The molecule has 1 unspecified atom stereocenters. The smallest absolute Gasteiger partial charge is 0.264 e. The van der Waals surface area contributed by atoms with Crippen molar-refractivity contribution in [2.24, 2.45) is 0 Å². The van der Waals surface area contributed by atoms with Crippen molar-refractivity contribution in [1.82, 2.24) is 4.31 Å². The molecule has 0 N–H and O–H groups in total. The van der Waals surface area contributed by atoms with E-state index in [1.807, 2.05) is 0 Å². The van der Waals surface area contributed by atoms with Gasteiger partial charge in [0.1, 0.15) is 5.82 Å². The third kappa shape index (κ3) is 3.28. The molecule has 2 aromatic carbocycles. The third-order valence-electron chi connectivity index (χ3n) is 3.92. The SMILES string of the molecule is O=C1C=CN(S(=O)(=O)c2ccc(F)c(F)c2)C(c2cccc(F)c2Br)C1. The number of hydrogen-bond donors (Lipinski definition) is 0. The average Bonchev–Trinajstić information content (AvgIpc) is 2.59. The van der Waals surface area contributed by atoms with Gasteiger partial charge in [0, 0.05) is 12.6 Å². The van der Waals surface area contributed by atoms with Crippen LogP contribution in [-0.2, 0) is 14.8 Å². The quantitative estimate of drug-likeness (QED) is 0.714. The first kappa shape index (κ1) is 18.7. The molecule has 0 saturated heterocycles. The number of rotatable bonds is 3. The molecular formula is C17H11BrF3NO3S. The van der Waals surface area contributed by atoms with Crippen molar-refractivity contribution in [3.05, 3.63) is 76.2 Å². The maximum Gasteiger partial charge on any atom is 0.264 e. The van der Waals surface area contributed by atoms with E-state index in [9.17, 15) is 26.4 Å². The van der Waals surface area contributed by atoms with Gasteiger partial charge in [-0.3, -0.25) is 9.10 Å². The summed E-state index contributed by atoms with van der Waals surface area (Å²) in [5.41, 5.74) is 0.244. The van der Waals surface area contributed by atoms with Crippen LogP contribution in [0, 0.1) is 17.5 Å². The Balaban J connectivity index is 2.13. The van der Waals surface area contributed by atoms with Crippen molar-refractivity contribution in [3.63, 3.8) is 0 Å². The minimum atomic E-state index is -4.31. The van der Waals surface area contributed by atoms with E-state index in [4.69, 9.17) is 0 Å². The van der Waals surface area contributed by atoms with Crippen LogP contribution in [0.5, 0.6) is 0 Å². The topological polar surface area (TPSA) is 54.5 Å². The first-order valence-corrected chi connectivity index (χ1v) is 9.58. The van der Waals surface area contributed by atoms with Crippen molar-refractivity contribution in [3.8, 4) is 0 Å². The molecule has 9 heteroatoms. The van der Waals surface area contributed by atoms with Gasteiger partial charge < -0.3 is 0 Å². The third-order valence-corrected chi connectivity index (χ3v) is 6.53. The fourth-order valence-corrected chi connectivity index (χ4v) is 4.65. The first-order valence-electron chi connectivity index (χ1n) is 7.35. The number of halogens is 4. The van der Waals surface area contributed by atoms with Gasteiger partial charge in [-0.2, -0.15) is 0 Å². The minimum absolute atomic E-state index is 0.0265. The number of ketones is 1. The molecule has 4 nitrogen and oxygen atoms in total. The van der Waals surface area contributed by atoms with Crippen molar-refractivity contribution in [2.75, 3.05) is 0 Å². The zero-order valence-electron chi connectivity index (χ0n) is 13.0. The Bertz CT molecular complexity index is 1020. The summed E-state index contributed by atoms with van der Waals surface area (Å²) in [7, 11) is -4.31. The van der Waals surface area contributed by atoms with Crippen molar-refractivity contribution >= 4 is 31.7 Å². The molecule has 0 spiro atoms. The number of carbonyl (C=O) groups excluding carboxylic acids is 1. The summed E-state index contributed by atoms with van der Waals surface area (Å²) >= 11 is 3.07. The number of allylic oxidation sites excluding steroid dienone is 1. The fraction of sp³-hybridized carbons (Fsp3) is 0.118. The Hall–Kier alpha value is -2.13. The molecule has 0 amide bonds. The second-order valence-corrected chi connectivity index (χ2v) is 8.19. The van der Waals surface area contributed by atoms with E-state index in [0.717, 1.165) is 22.6 Å². The molecule has 0 radical (unpaired) electrons. The van der Waals surface area contributed by atoms with Gasteiger partial charge in [0.05, 0.1) is 15.4 Å². The summed E-state index contributed by atoms with van der Waals surface area (Å²) in [6, 6.07) is 5.22. The lowest BCUT2D eigenvalue weighted by Gasteiger charge is -2.32. The van der Waals surface area contributed by atoms with Gasteiger partial charge in [-0.25, -0.2) is 21.6 Å². The molecule has 0 aliphatic carbocycles. The fourth-order valence-electron chi connectivity index (χ4n) is 2.64. The Morgan fingerprint density at radius 3 is 2.46 bits per heavy atom. The van der Waals surface area contributed by atoms with E-state index < -0.39 is 38.4 Å². The van der Waals surface area contributed by atoms with Crippen LogP contribution in [0.25, 0.3) is 0 Å². The second-order valence-electron chi connectivity index (χ2n) is 5.56. The van der Waals surface area contributed by atoms with Gasteiger partial charge in [0.2, 0.25) is 0 Å². The molecule has 0 bridgehead atoms. The van der Waals surface area contributed by atoms with E-state index in [-0.39, 0.29) is 22.2 Å². The van der Waals surface area contributed by atoms with E-state index in [2.05, 4.69) is 15.9 Å². The predicted octanol–water partition coefficient (Wildman–Crippen LogP) is 4.08. The average molecular weight is 446 g/mol. The normalized spacial score (nSPS) is 17.6. The van der Waals surface area contributed by atoms with Crippen LogP contribution in [0.3, 0.4) is 0 Å². The number of nitrogens with zero attached hydrogens (tertiary/aromatic N) is 1. The molecule has 0 fully saturated rings. The van der Waals surface area contributed by atoms with E-state index in [0.29, 0.717) is 12.1 Å². The van der Waals surface area contributed by atoms with Crippen LogP contribution in [-0.4, -0.2) is 18.5 Å². The Morgan fingerprint density at radius 1 is 1.04 bits per heavy atom. The van der Waals surface area contributed by atoms with Gasteiger partial charge in [0.15, 0.2) is 17.4 Å². The van der Waals surface area contributed by atoms with Gasteiger partial charge in [-0.15, -0.1) is 0 Å². The summed E-state index contributed by atoms with van der Waals surface area (Å²) in [6.45, 7) is 0. The zero-order valence-corrected chi connectivity index (χ0v) is 15.4. The lowest BCUT2D eigenvalue weighted by Crippen LogP contribution is -2.34. The maximum atomic E-state index is 13.9. The molecule has 26 heavy (non-hydrogen) atoms. The lowest BCUT2D eigenvalue weighted by molar-refractivity contribution is -0.115. The summed E-state index contributed by atoms with van der Waals surface area (Å²) in [4.78, 5) is 11.3. The lowest BCUT2D eigenvalue weighted by atomic mass is 9.99. The molecule has 3 rings (SSSR count). The van der Waals surface area contributed by atoms with Crippen LogP contribution in [0.1, 0.15) is 18.0 Å². The number of sulfonamides is 1. The summed E-state index contributed by atoms with van der Waals surface area (Å²) in [6.07, 6.45) is 1.90. The van der Waals surface area contributed by atoms with Gasteiger partial charge in [-0.1, -0.05) is 12.1 Å². The monoisotopic (exact) mass is 445 g/mol. The van der Waals surface area contributed by atoms with Crippen LogP contribution in [0.2, 0.25) is 0 Å². The van der Waals surface area contributed by atoms with Crippen LogP contribution >= 0.6 is 15.9 Å². The number of hydrogen-bond acceptors (Lipinski definition) is 3. The Labute approximate surface area is 156 Å². The largest absolute Gasteiger partial charge is 0.295 e. The number of carbonyl (C=O) groups is 1. The summed E-state index contributed by atoms with van der Waals surface area (Å²) < 4.78 is 67.2. The second kappa shape index (κ2) is 6.88. The first-order chi connectivity index (χ1) is 12.2. The van der Waals surface area contributed by atoms with E-state index >= 15 is 0 Å². The van der Waals surface area contributed by atoms with E-state index in [1.165, 1.54) is 18.2 Å². The van der Waals surface area contributed by atoms with Crippen LogP contribution in [0.15, 0.2) is 58.0 Å². The zero-order chi connectivity index (χ0) is 19.1. The van der Waals surface area contributed by atoms with Gasteiger partial charge in [-0.05, 0) is 51.8 Å². The minimum Gasteiger partial charge on any atom is -0.295 e. The predicted molar refractivity (Wildman–Crippen MR) is 91.0 cm³/mol.